The van der Waals surface area contributed by atoms with Crippen LogP contribution in [-0.2, 0) is 17.9 Å². The lowest BCUT2D eigenvalue weighted by Crippen LogP contribution is -2.14. The third-order valence-electron chi connectivity index (χ3n) is 5.55. The summed E-state index contributed by atoms with van der Waals surface area (Å²) >= 11 is 0. The van der Waals surface area contributed by atoms with Crippen LogP contribution in [0.1, 0.15) is 31.4 Å². The number of anilines is 2. The van der Waals surface area contributed by atoms with Gasteiger partial charge in [-0.3, -0.25) is 4.79 Å². The molecule has 0 saturated heterocycles. The van der Waals surface area contributed by atoms with Crippen molar-refractivity contribution in [1.29, 1.82) is 0 Å². The Morgan fingerprint density at radius 2 is 1.68 bits per heavy atom. The highest BCUT2D eigenvalue weighted by molar-refractivity contribution is 5.91. The van der Waals surface area contributed by atoms with E-state index in [1.807, 2.05) is 62.4 Å². The van der Waals surface area contributed by atoms with Gasteiger partial charge in [-0.1, -0.05) is 68.4 Å². The van der Waals surface area contributed by atoms with Gasteiger partial charge in [-0.25, -0.2) is 4.39 Å². The molecule has 1 amide bonds. The summed E-state index contributed by atoms with van der Waals surface area (Å²) in [4.78, 5) is 12.1. The number of amides is 1. The van der Waals surface area contributed by atoms with Crippen molar-refractivity contribution in [3.05, 3.63) is 102 Å². The topological polar surface area (TPSA) is 50.4 Å². The summed E-state index contributed by atoms with van der Waals surface area (Å²) in [5.74, 6) is 0.732. The average Bonchev–Trinajstić information content (AvgIpc) is 2.82. The van der Waals surface area contributed by atoms with Crippen molar-refractivity contribution in [3.8, 4) is 5.75 Å². The maximum Gasteiger partial charge on any atom is 0.224 e. The Morgan fingerprint density at radius 3 is 2.50 bits per heavy atom. The molecule has 34 heavy (non-hydrogen) atoms. The molecule has 0 bridgehead atoms. The predicted octanol–water partition coefficient (Wildman–Crippen LogP) is 7.15. The minimum absolute atomic E-state index is 0.00466. The normalized spacial score (nSPS) is 10.9. The van der Waals surface area contributed by atoms with E-state index in [0.717, 1.165) is 27.7 Å². The highest BCUT2D eigenvalue weighted by Gasteiger charge is 2.11. The van der Waals surface area contributed by atoms with Crippen LogP contribution < -0.4 is 15.4 Å². The molecule has 0 atom stereocenters. The standard InChI is InChI=1S/C29H29FN2O2/c1-20(2)16-29(33)32-24-11-7-10-23(17-24)31-18-26-25-12-5-3-8-21(25)14-15-28(26)34-19-22-9-4-6-13-27(22)30/h3-15,17,20,31H,16,18-19H2,1-2H3,(H,32,33). The van der Waals surface area contributed by atoms with E-state index in [2.05, 4.69) is 22.8 Å². The van der Waals surface area contributed by atoms with Crippen molar-refractivity contribution in [3.63, 3.8) is 0 Å². The molecule has 174 valence electrons. The summed E-state index contributed by atoms with van der Waals surface area (Å²) < 4.78 is 20.2. The van der Waals surface area contributed by atoms with Crippen LogP contribution in [-0.4, -0.2) is 5.91 Å². The van der Waals surface area contributed by atoms with Gasteiger partial charge in [0.2, 0.25) is 5.91 Å². The van der Waals surface area contributed by atoms with Crippen molar-refractivity contribution in [2.24, 2.45) is 5.92 Å². The molecule has 4 aromatic rings. The summed E-state index contributed by atoms with van der Waals surface area (Å²) in [5, 5.41) is 8.59. The first kappa shape index (κ1) is 23.3. The number of fused-ring (bicyclic) bond motifs is 1. The molecule has 4 rings (SSSR count). The number of ether oxygens (including phenoxy) is 1. The van der Waals surface area contributed by atoms with Crippen LogP contribution in [0.4, 0.5) is 15.8 Å². The second-order valence-electron chi connectivity index (χ2n) is 8.72. The van der Waals surface area contributed by atoms with E-state index in [1.54, 1.807) is 18.2 Å². The van der Waals surface area contributed by atoms with E-state index in [4.69, 9.17) is 4.74 Å². The van der Waals surface area contributed by atoms with Crippen molar-refractivity contribution >= 4 is 28.1 Å². The van der Waals surface area contributed by atoms with Gasteiger partial charge in [0.1, 0.15) is 18.2 Å². The molecule has 0 spiro atoms. The number of rotatable bonds is 9. The lowest BCUT2D eigenvalue weighted by Gasteiger charge is -2.16. The minimum Gasteiger partial charge on any atom is -0.488 e. The molecule has 0 fully saturated rings. The molecule has 0 saturated carbocycles. The molecule has 4 nitrogen and oxygen atoms in total. The van der Waals surface area contributed by atoms with Crippen LogP contribution in [0.5, 0.6) is 5.75 Å². The highest BCUT2D eigenvalue weighted by Crippen LogP contribution is 2.30. The number of halogens is 1. The number of carbonyl (C=O) groups is 1. The second kappa shape index (κ2) is 10.8. The fraction of sp³-hybridized carbons (Fsp3) is 0.207. The Morgan fingerprint density at radius 1 is 0.912 bits per heavy atom. The average molecular weight is 457 g/mol. The SMILES string of the molecule is CC(C)CC(=O)Nc1cccc(NCc2c(OCc3ccccc3F)ccc3ccccc23)c1. The minimum atomic E-state index is -0.278. The smallest absolute Gasteiger partial charge is 0.224 e. The zero-order chi connectivity index (χ0) is 23.9. The second-order valence-corrected chi connectivity index (χ2v) is 8.72. The van der Waals surface area contributed by atoms with E-state index in [9.17, 15) is 9.18 Å². The number of benzene rings is 4. The van der Waals surface area contributed by atoms with E-state index in [0.29, 0.717) is 30.2 Å². The van der Waals surface area contributed by atoms with Crippen LogP contribution in [0, 0.1) is 11.7 Å². The number of nitrogens with one attached hydrogen (secondary N) is 2. The molecular weight excluding hydrogens is 427 g/mol. The van der Waals surface area contributed by atoms with Crippen LogP contribution >= 0.6 is 0 Å². The molecule has 0 heterocycles. The number of hydrogen-bond donors (Lipinski definition) is 2. The lowest BCUT2D eigenvalue weighted by molar-refractivity contribution is -0.116. The molecule has 0 aliphatic carbocycles. The van der Waals surface area contributed by atoms with Crippen LogP contribution in [0.15, 0.2) is 84.9 Å². The Bertz CT molecular complexity index is 1290. The zero-order valence-electron chi connectivity index (χ0n) is 19.5. The van der Waals surface area contributed by atoms with Gasteiger partial charge in [0, 0.05) is 35.5 Å². The van der Waals surface area contributed by atoms with Gasteiger partial charge in [0.05, 0.1) is 0 Å². The maximum absolute atomic E-state index is 14.1. The summed E-state index contributed by atoms with van der Waals surface area (Å²) in [6.07, 6.45) is 0.483. The highest BCUT2D eigenvalue weighted by atomic mass is 19.1. The Balaban J connectivity index is 1.54. The zero-order valence-corrected chi connectivity index (χ0v) is 19.5. The van der Waals surface area contributed by atoms with Gasteiger partial charge < -0.3 is 15.4 Å². The molecule has 4 aromatic carbocycles. The monoisotopic (exact) mass is 456 g/mol. The fourth-order valence-electron chi connectivity index (χ4n) is 3.88. The Hall–Kier alpha value is -3.86. The molecular formula is C29H29FN2O2. The van der Waals surface area contributed by atoms with Crippen LogP contribution in [0.2, 0.25) is 0 Å². The Kier molecular flexibility index (Phi) is 7.43. The van der Waals surface area contributed by atoms with Crippen molar-refractivity contribution in [2.45, 2.75) is 33.4 Å². The molecule has 0 radical (unpaired) electrons. The maximum atomic E-state index is 14.1. The quantitative estimate of drug-likeness (QED) is 0.281. The number of carbonyl (C=O) groups excluding carboxylic acids is 1. The molecule has 0 aliphatic heterocycles. The van der Waals surface area contributed by atoms with Gasteiger partial charge in [0.15, 0.2) is 0 Å². The van der Waals surface area contributed by atoms with E-state index in [-0.39, 0.29) is 18.3 Å². The Labute approximate surface area is 199 Å². The third-order valence-corrected chi connectivity index (χ3v) is 5.55. The summed E-state index contributed by atoms with van der Waals surface area (Å²) in [5.41, 5.74) is 3.14. The summed E-state index contributed by atoms with van der Waals surface area (Å²) in [7, 11) is 0. The van der Waals surface area contributed by atoms with Gasteiger partial charge in [-0.15, -0.1) is 0 Å². The van der Waals surface area contributed by atoms with Crippen molar-refractivity contribution in [1.82, 2.24) is 0 Å². The van der Waals surface area contributed by atoms with Gasteiger partial charge in [-0.05, 0) is 47.0 Å². The van der Waals surface area contributed by atoms with E-state index >= 15 is 0 Å². The third kappa shape index (κ3) is 5.93. The van der Waals surface area contributed by atoms with Crippen LogP contribution in [0.25, 0.3) is 10.8 Å². The largest absolute Gasteiger partial charge is 0.488 e. The van der Waals surface area contributed by atoms with Gasteiger partial charge >= 0.3 is 0 Å². The number of hydrogen-bond acceptors (Lipinski definition) is 3. The summed E-state index contributed by atoms with van der Waals surface area (Å²) in [6, 6.07) is 26.4. The fourth-order valence-corrected chi connectivity index (χ4v) is 3.88. The summed E-state index contributed by atoms with van der Waals surface area (Å²) in [6.45, 7) is 4.70. The van der Waals surface area contributed by atoms with Gasteiger partial charge in [-0.2, -0.15) is 0 Å². The predicted molar refractivity (Wildman–Crippen MR) is 137 cm³/mol. The molecule has 2 N–H and O–H groups in total. The van der Waals surface area contributed by atoms with E-state index < -0.39 is 0 Å². The van der Waals surface area contributed by atoms with E-state index in [1.165, 1.54) is 6.07 Å². The molecule has 0 aromatic heterocycles. The molecule has 0 aliphatic rings. The molecule has 5 heteroatoms. The van der Waals surface area contributed by atoms with Crippen molar-refractivity contribution < 1.29 is 13.9 Å². The van der Waals surface area contributed by atoms with Gasteiger partial charge in [0.25, 0.3) is 0 Å². The van der Waals surface area contributed by atoms with Crippen molar-refractivity contribution in [2.75, 3.05) is 10.6 Å². The first-order valence-corrected chi connectivity index (χ1v) is 11.5. The first-order chi connectivity index (χ1) is 16.5. The first-order valence-electron chi connectivity index (χ1n) is 11.5. The van der Waals surface area contributed by atoms with Crippen LogP contribution in [0.3, 0.4) is 0 Å². The molecule has 0 unspecified atom stereocenters. The lowest BCUT2D eigenvalue weighted by atomic mass is 10.0.